The highest BCUT2D eigenvalue weighted by molar-refractivity contribution is 6.07. The fourth-order valence-corrected chi connectivity index (χ4v) is 4.58. The van der Waals surface area contributed by atoms with Crippen LogP contribution in [0.2, 0.25) is 0 Å². The van der Waals surface area contributed by atoms with Crippen LogP contribution in [0.5, 0.6) is 5.75 Å². The average molecular weight is 370 g/mol. The third-order valence-electron chi connectivity index (χ3n) is 6.00. The Morgan fingerprint density at radius 2 is 1.74 bits per heavy atom. The van der Waals surface area contributed by atoms with E-state index in [0.29, 0.717) is 13.2 Å². The van der Waals surface area contributed by atoms with E-state index in [2.05, 4.69) is 17.4 Å². The largest absolute Gasteiger partial charge is 0.492 e. The van der Waals surface area contributed by atoms with E-state index in [1.54, 1.807) is 0 Å². The molecule has 0 bridgehead atoms. The Hall–Kier alpha value is -2.37. The first-order chi connectivity index (χ1) is 13.1. The summed E-state index contributed by atoms with van der Waals surface area (Å²) in [6.07, 6.45) is 6.94. The van der Waals surface area contributed by atoms with Gasteiger partial charge in [-0.2, -0.15) is 0 Å². The number of benzene rings is 1. The molecule has 27 heavy (non-hydrogen) atoms. The average Bonchev–Trinajstić information content (AvgIpc) is 3.24. The molecule has 1 aromatic carbocycles. The molecular weight excluding hydrogens is 344 g/mol. The van der Waals surface area contributed by atoms with Crippen LogP contribution in [0, 0.1) is 11.8 Å². The number of rotatable bonds is 6. The second-order valence-electron chi connectivity index (χ2n) is 7.74. The molecule has 4 rings (SSSR count). The minimum atomic E-state index is -0.312. The molecule has 6 heteroatoms. The lowest BCUT2D eigenvalue weighted by Gasteiger charge is -2.19. The Balaban J connectivity index is 1.22. The van der Waals surface area contributed by atoms with E-state index >= 15 is 0 Å². The highest BCUT2D eigenvalue weighted by Crippen LogP contribution is 2.37. The molecule has 0 radical (unpaired) electrons. The zero-order valence-corrected chi connectivity index (χ0v) is 15.5. The van der Waals surface area contributed by atoms with E-state index in [1.807, 2.05) is 6.07 Å². The molecule has 1 aliphatic heterocycles. The molecule has 2 atom stereocenters. The summed E-state index contributed by atoms with van der Waals surface area (Å²) >= 11 is 0. The molecule has 0 aromatic heterocycles. The van der Waals surface area contributed by atoms with Crippen LogP contribution >= 0.6 is 0 Å². The number of nitrogens with zero attached hydrogens (tertiary/aromatic N) is 1. The maximum atomic E-state index is 12.4. The van der Waals surface area contributed by atoms with E-state index in [1.165, 1.54) is 17.5 Å². The smallest absolute Gasteiger partial charge is 0.240 e. The van der Waals surface area contributed by atoms with Gasteiger partial charge in [-0.15, -0.1) is 0 Å². The molecule has 144 valence electrons. The van der Waals surface area contributed by atoms with E-state index in [4.69, 9.17) is 4.74 Å². The second kappa shape index (κ2) is 7.71. The standard InChI is InChI=1S/C21H26N2O4/c24-19(13-23-20(25)17-6-1-2-7-18(17)21(23)26)22-10-11-27-16-9-8-14-4-3-5-15(14)12-16/h8-9,12,17-18H,1-7,10-11,13H2,(H,22,24). The van der Waals surface area contributed by atoms with Gasteiger partial charge in [0.05, 0.1) is 18.4 Å². The second-order valence-corrected chi connectivity index (χ2v) is 7.74. The van der Waals surface area contributed by atoms with Crippen molar-refractivity contribution in [2.45, 2.75) is 44.9 Å². The normalized spacial score (nSPS) is 23.9. The topological polar surface area (TPSA) is 75.7 Å². The van der Waals surface area contributed by atoms with Gasteiger partial charge in [0.15, 0.2) is 0 Å². The quantitative estimate of drug-likeness (QED) is 0.612. The van der Waals surface area contributed by atoms with Gasteiger partial charge in [-0.1, -0.05) is 18.9 Å². The number of likely N-dealkylation sites (tertiary alicyclic amines) is 1. The first-order valence-corrected chi connectivity index (χ1v) is 10.00. The number of aryl methyl sites for hydroxylation is 2. The van der Waals surface area contributed by atoms with Crippen LogP contribution in [0.25, 0.3) is 0 Å². The highest BCUT2D eigenvalue weighted by atomic mass is 16.5. The van der Waals surface area contributed by atoms with Crippen LogP contribution in [0.15, 0.2) is 18.2 Å². The number of fused-ring (bicyclic) bond motifs is 2. The third kappa shape index (κ3) is 3.70. The Kier molecular flexibility index (Phi) is 5.14. The third-order valence-corrected chi connectivity index (χ3v) is 6.00. The van der Waals surface area contributed by atoms with E-state index in [0.717, 1.165) is 49.2 Å². The Bertz CT molecular complexity index is 737. The lowest BCUT2D eigenvalue weighted by Crippen LogP contribution is -2.42. The predicted molar refractivity (Wildman–Crippen MR) is 99.1 cm³/mol. The van der Waals surface area contributed by atoms with Crippen molar-refractivity contribution in [2.24, 2.45) is 11.8 Å². The molecule has 1 saturated carbocycles. The highest BCUT2D eigenvalue weighted by Gasteiger charge is 2.48. The van der Waals surface area contributed by atoms with Crippen LogP contribution in [0.4, 0.5) is 0 Å². The molecule has 1 aromatic rings. The Morgan fingerprint density at radius 3 is 2.48 bits per heavy atom. The van der Waals surface area contributed by atoms with Crippen molar-refractivity contribution < 1.29 is 19.1 Å². The fourth-order valence-electron chi connectivity index (χ4n) is 4.58. The maximum Gasteiger partial charge on any atom is 0.240 e. The summed E-state index contributed by atoms with van der Waals surface area (Å²) in [5.74, 6) is -0.250. The molecule has 2 fully saturated rings. The van der Waals surface area contributed by atoms with Crippen molar-refractivity contribution in [3.8, 4) is 5.75 Å². The molecule has 1 heterocycles. The summed E-state index contributed by atoms with van der Waals surface area (Å²) in [6.45, 7) is 0.528. The van der Waals surface area contributed by atoms with Gasteiger partial charge in [0.25, 0.3) is 0 Å². The van der Waals surface area contributed by atoms with Gasteiger partial charge in [-0.25, -0.2) is 0 Å². The van der Waals surface area contributed by atoms with E-state index in [-0.39, 0.29) is 36.1 Å². The summed E-state index contributed by atoms with van der Waals surface area (Å²) in [4.78, 5) is 38.1. The summed E-state index contributed by atoms with van der Waals surface area (Å²) in [5.41, 5.74) is 2.75. The van der Waals surface area contributed by atoms with Gasteiger partial charge in [-0.3, -0.25) is 19.3 Å². The monoisotopic (exact) mass is 370 g/mol. The number of imide groups is 1. The predicted octanol–water partition coefficient (Wildman–Crippen LogP) is 1.85. The lowest BCUT2D eigenvalue weighted by atomic mass is 9.81. The van der Waals surface area contributed by atoms with Crippen molar-refractivity contribution in [3.63, 3.8) is 0 Å². The van der Waals surface area contributed by atoms with Crippen molar-refractivity contribution in [1.29, 1.82) is 0 Å². The van der Waals surface area contributed by atoms with E-state index < -0.39 is 0 Å². The summed E-state index contributed by atoms with van der Waals surface area (Å²) in [6, 6.07) is 6.16. The maximum absolute atomic E-state index is 12.4. The molecule has 1 N–H and O–H groups in total. The molecule has 2 unspecified atom stereocenters. The van der Waals surface area contributed by atoms with Gasteiger partial charge < -0.3 is 10.1 Å². The van der Waals surface area contributed by atoms with Gasteiger partial charge >= 0.3 is 0 Å². The molecule has 3 aliphatic rings. The first kappa shape index (κ1) is 18.0. The molecule has 6 nitrogen and oxygen atoms in total. The number of nitrogens with one attached hydrogen (secondary N) is 1. The number of hydrogen-bond donors (Lipinski definition) is 1. The lowest BCUT2D eigenvalue weighted by molar-refractivity contribution is -0.143. The number of hydrogen-bond acceptors (Lipinski definition) is 4. The van der Waals surface area contributed by atoms with Crippen molar-refractivity contribution in [3.05, 3.63) is 29.3 Å². The first-order valence-electron chi connectivity index (χ1n) is 10.00. The van der Waals surface area contributed by atoms with Crippen molar-refractivity contribution >= 4 is 17.7 Å². The van der Waals surface area contributed by atoms with Crippen LogP contribution in [-0.2, 0) is 27.2 Å². The molecule has 1 saturated heterocycles. The van der Waals surface area contributed by atoms with Gasteiger partial charge in [0, 0.05) is 0 Å². The molecule has 3 amide bonds. The molecule has 0 spiro atoms. The Morgan fingerprint density at radius 1 is 1.04 bits per heavy atom. The van der Waals surface area contributed by atoms with Crippen LogP contribution in [0.3, 0.4) is 0 Å². The SMILES string of the molecule is O=C(CN1C(=O)C2CCCCC2C1=O)NCCOc1ccc2c(c1)CCC2. The van der Waals surface area contributed by atoms with Crippen molar-refractivity contribution in [2.75, 3.05) is 19.7 Å². The number of amides is 3. The zero-order chi connectivity index (χ0) is 18.8. The van der Waals surface area contributed by atoms with Gasteiger partial charge in [0.2, 0.25) is 17.7 Å². The minimum Gasteiger partial charge on any atom is -0.492 e. The minimum absolute atomic E-state index is 0.172. The van der Waals surface area contributed by atoms with Gasteiger partial charge in [0.1, 0.15) is 18.9 Å². The van der Waals surface area contributed by atoms with Crippen LogP contribution in [0.1, 0.15) is 43.2 Å². The van der Waals surface area contributed by atoms with Crippen LogP contribution in [-0.4, -0.2) is 42.3 Å². The molecule has 2 aliphatic carbocycles. The van der Waals surface area contributed by atoms with Crippen LogP contribution < -0.4 is 10.1 Å². The zero-order valence-electron chi connectivity index (χ0n) is 15.5. The summed E-state index contributed by atoms with van der Waals surface area (Å²) < 4.78 is 5.71. The van der Waals surface area contributed by atoms with E-state index in [9.17, 15) is 14.4 Å². The van der Waals surface area contributed by atoms with Gasteiger partial charge in [-0.05, 0) is 55.4 Å². The fraction of sp³-hybridized carbons (Fsp3) is 0.571. The van der Waals surface area contributed by atoms with Crippen molar-refractivity contribution in [1.82, 2.24) is 10.2 Å². The number of carbonyl (C=O) groups excluding carboxylic acids is 3. The summed E-state index contributed by atoms with van der Waals surface area (Å²) in [5, 5.41) is 2.74. The number of carbonyl (C=O) groups is 3. The summed E-state index contributed by atoms with van der Waals surface area (Å²) in [7, 11) is 0. The number of ether oxygens (including phenoxy) is 1. The molecular formula is C21H26N2O4. The Labute approximate surface area is 159 Å².